The van der Waals surface area contributed by atoms with Crippen molar-refractivity contribution in [2.45, 2.75) is 11.8 Å². The summed E-state index contributed by atoms with van der Waals surface area (Å²) < 4.78 is 0. The molecule has 0 bridgehead atoms. The van der Waals surface area contributed by atoms with Crippen LogP contribution in [-0.4, -0.2) is 33.8 Å². The minimum atomic E-state index is 0.0891. The van der Waals surface area contributed by atoms with Crippen LogP contribution in [-0.2, 0) is 11.2 Å². The maximum Gasteiger partial charge on any atom is 0.228 e. The minimum Gasteiger partial charge on any atom is -0.325 e. The van der Waals surface area contributed by atoms with Gasteiger partial charge in [-0.3, -0.25) is 4.79 Å². The lowest BCUT2D eigenvalue weighted by atomic mass is 10.1. The quantitative estimate of drug-likeness (QED) is 0.768. The van der Waals surface area contributed by atoms with Gasteiger partial charge in [-0.1, -0.05) is 42.5 Å². The van der Waals surface area contributed by atoms with E-state index in [4.69, 9.17) is 12.2 Å². The summed E-state index contributed by atoms with van der Waals surface area (Å²) in [6, 6.07) is 9.83. The summed E-state index contributed by atoms with van der Waals surface area (Å²) in [6.45, 7) is 0.814. The molecule has 1 atom stereocenters. The highest BCUT2D eigenvalue weighted by molar-refractivity contribution is 8.01. The molecule has 84 valence electrons. The lowest BCUT2D eigenvalue weighted by Crippen LogP contribution is -2.36. The number of rotatable bonds is 3. The molecule has 0 radical (unpaired) electrons. The van der Waals surface area contributed by atoms with Gasteiger partial charge in [-0.2, -0.15) is 0 Å². The van der Waals surface area contributed by atoms with Crippen LogP contribution in [0.2, 0.25) is 0 Å². The zero-order valence-corrected chi connectivity index (χ0v) is 10.5. The van der Waals surface area contributed by atoms with Crippen LogP contribution in [0.1, 0.15) is 5.56 Å². The van der Waals surface area contributed by atoms with Gasteiger partial charge in [0.1, 0.15) is 5.37 Å². The first-order chi connectivity index (χ1) is 7.81. The van der Waals surface area contributed by atoms with Crippen molar-refractivity contribution in [1.82, 2.24) is 4.90 Å². The third-order valence-corrected chi connectivity index (χ3v) is 4.14. The molecule has 2 rings (SSSR count). The number of carbonyl (C=O) groups excluding carboxylic acids is 1. The summed E-state index contributed by atoms with van der Waals surface area (Å²) >= 11 is 6.67. The molecule has 1 amide bonds. The first kappa shape index (κ1) is 11.6. The van der Waals surface area contributed by atoms with E-state index in [1.54, 1.807) is 17.1 Å². The van der Waals surface area contributed by atoms with Crippen molar-refractivity contribution in [2.75, 3.05) is 12.3 Å². The van der Waals surface area contributed by atoms with Crippen molar-refractivity contribution < 1.29 is 4.79 Å². The number of hydrogen-bond donors (Lipinski definition) is 0. The fourth-order valence-electron chi connectivity index (χ4n) is 1.74. The molecule has 1 aliphatic heterocycles. The third kappa shape index (κ3) is 2.62. The number of carbonyl (C=O) groups is 1. The monoisotopic (exact) mass is 251 g/mol. The van der Waals surface area contributed by atoms with Crippen molar-refractivity contribution in [1.29, 1.82) is 0 Å². The standard InChI is InChI=1S/C12H13NOS2/c14-11(8-10-4-2-1-3-5-10)13-6-7-16-12(13)9-15/h1-5,9,12H,6-8H2. The number of amides is 1. The zero-order chi connectivity index (χ0) is 11.4. The van der Waals surface area contributed by atoms with E-state index in [9.17, 15) is 4.79 Å². The van der Waals surface area contributed by atoms with E-state index in [0.717, 1.165) is 17.9 Å². The van der Waals surface area contributed by atoms with Gasteiger partial charge in [-0.25, -0.2) is 0 Å². The van der Waals surface area contributed by atoms with Gasteiger partial charge >= 0.3 is 0 Å². The summed E-state index contributed by atoms with van der Waals surface area (Å²) in [5, 5.41) is 1.77. The summed E-state index contributed by atoms with van der Waals surface area (Å²) in [5.74, 6) is 1.15. The summed E-state index contributed by atoms with van der Waals surface area (Å²) in [4.78, 5) is 13.9. The SMILES string of the molecule is O=C(Cc1ccccc1)N1CCSC1C=S. The zero-order valence-electron chi connectivity index (χ0n) is 8.83. The van der Waals surface area contributed by atoms with E-state index in [1.165, 1.54) is 0 Å². The highest BCUT2D eigenvalue weighted by Gasteiger charge is 2.27. The number of thiocarbonyl (C=S) groups is 1. The molecule has 0 saturated carbocycles. The molecule has 1 fully saturated rings. The Morgan fingerprint density at radius 2 is 2.25 bits per heavy atom. The average molecular weight is 251 g/mol. The summed E-state index contributed by atoms with van der Waals surface area (Å²) in [5.41, 5.74) is 1.06. The molecule has 0 spiro atoms. The average Bonchev–Trinajstić information content (AvgIpc) is 2.78. The molecule has 1 aliphatic rings. The minimum absolute atomic E-state index is 0.0891. The highest BCUT2D eigenvalue weighted by Crippen LogP contribution is 2.23. The van der Waals surface area contributed by atoms with Gasteiger partial charge in [0.15, 0.2) is 0 Å². The molecule has 1 unspecified atom stereocenters. The van der Waals surface area contributed by atoms with Gasteiger partial charge in [-0.05, 0) is 5.56 Å². The molecule has 16 heavy (non-hydrogen) atoms. The predicted octanol–water partition coefficient (Wildman–Crippen LogP) is 2.13. The van der Waals surface area contributed by atoms with Crippen molar-refractivity contribution in [2.24, 2.45) is 0 Å². The van der Waals surface area contributed by atoms with Crippen molar-refractivity contribution >= 4 is 35.3 Å². The van der Waals surface area contributed by atoms with Crippen LogP contribution in [0.5, 0.6) is 0 Å². The highest BCUT2D eigenvalue weighted by atomic mass is 32.2. The third-order valence-electron chi connectivity index (χ3n) is 2.56. The van der Waals surface area contributed by atoms with Gasteiger partial charge < -0.3 is 4.90 Å². The molecular weight excluding hydrogens is 238 g/mol. The predicted molar refractivity (Wildman–Crippen MR) is 71.8 cm³/mol. The van der Waals surface area contributed by atoms with Crippen LogP contribution >= 0.6 is 24.0 Å². The van der Waals surface area contributed by atoms with Crippen LogP contribution in [0.4, 0.5) is 0 Å². The van der Waals surface area contributed by atoms with E-state index in [2.05, 4.69) is 0 Å². The maximum absolute atomic E-state index is 12.0. The van der Waals surface area contributed by atoms with Crippen LogP contribution < -0.4 is 0 Å². The number of thioether (sulfide) groups is 1. The van der Waals surface area contributed by atoms with E-state index in [-0.39, 0.29) is 11.3 Å². The van der Waals surface area contributed by atoms with Gasteiger partial charge in [0.25, 0.3) is 0 Å². The maximum atomic E-state index is 12.0. The Balaban J connectivity index is 2.00. The second-order valence-electron chi connectivity index (χ2n) is 3.65. The largest absolute Gasteiger partial charge is 0.325 e. The fourth-order valence-corrected chi connectivity index (χ4v) is 3.15. The lowest BCUT2D eigenvalue weighted by molar-refractivity contribution is -0.129. The van der Waals surface area contributed by atoms with Crippen LogP contribution in [0.25, 0.3) is 0 Å². The van der Waals surface area contributed by atoms with E-state index < -0.39 is 0 Å². The molecule has 2 nitrogen and oxygen atoms in total. The van der Waals surface area contributed by atoms with Crippen LogP contribution in [0.3, 0.4) is 0 Å². The Hall–Kier alpha value is -0.870. The number of hydrogen-bond acceptors (Lipinski definition) is 3. The van der Waals surface area contributed by atoms with Gasteiger partial charge in [0.2, 0.25) is 5.91 Å². The Morgan fingerprint density at radius 1 is 1.50 bits per heavy atom. The van der Waals surface area contributed by atoms with Crippen molar-refractivity contribution in [3.8, 4) is 0 Å². The molecule has 1 saturated heterocycles. The second kappa shape index (κ2) is 5.46. The van der Waals surface area contributed by atoms with Crippen LogP contribution in [0.15, 0.2) is 30.3 Å². The van der Waals surface area contributed by atoms with Gasteiger partial charge in [0.05, 0.1) is 6.42 Å². The molecule has 1 heterocycles. The Morgan fingerprint density at radius 3 is 2.94 bits per heavy atom. The van der Waals surface area contributed by atoms with E-state index in [0.29, 0.717) is 6.42 Å². The Bertz CT molecular complexity index is 380. The molecule has 1 aromatic rings. The summed E-state index contributed by atoms with van der Waals surface area (Å²) in [6.07, 6.45) is 0.473. The first-order valence-corrected chi connectivity index (χ1v) is 6.73. The Labute approximate surface area is 105 Å². The van der Waals surface area contributed by atoms with E-state index in [1.807, 2.05) is 35.2 Å². The number of benzene rings is 1. The molecule has 4 heteroatoms. The topological polar surface area (TPSA) is 20.3 Å². The normalized spacial score (nSPS) is 19.8. The molecule has 1 aromatic carbocycles. The fraction of sp³-hybridized carbons (Fsp3) is 0.333. The van der Waals surface area contributed by atoms with Gasteiger partial charge in [-0.15, -0.1) is 11.8 Å². The first-order valence-electron chi connectivity index (χ1n) is 5.21. The molecular formula is C12H13NOS2. The molecule has 0 N–H and O–H groups in total. The second-order valence-corrected chi connectivity index (χ2v) is 5.14. The van der Waals surface area contributed by atoms with Crippen LogP contribution in [0, 0.1) is 0 Å². The Kier molecular flexibility index (Phi) is 3.96. The smallest absolute Gasteiger partial charge is 0.228 e. The van der Waals surface area contributed by atoms with Crippen molar-refractivity contribution in [3.63, 3.8) is 0 Å². The number of nitrogens with zero attached hydrogens (tertiary/aromatic N) is 1. The van der Waals surface area contributed by atoms with E-state index >= 15 is 0 Å². The molecule has 0 aromatic heterocycles. The molecule has 0 aliphatic carbocycles. The van der Waals surface area contributed by atoms with Crippen molar-refractivity contribution in [3.05, 3.63) is 35.9 Å². The summed E-state index contributed by atoms with van der Waals surface area (Å²) in [7, 11) is 0. The van der Waals surface area contributed by atoms with Gasteiger partial charge in [0, 0.05) is 17.7 Å². The lowest BCUT2D eigenvalue weighted by Gasteiger charge is -2.20.